The molecule has 0 unspecified atom stereocenters. The maximum atomic E-state index is 4.67. The summed E-state index contributed by atoms with van der Waals surface area (Å²) in [5.41, 5.74) is 2.02. The first-order valence-electron chi connectivity index (χ1n) is 1.49. The van der Waals surface area contributed by atoms with Crippen molar-refractivity contribution < 1.29 is 4.84 Å². The first kappa shape index (κ1) is 15.7. The minimum absolute atomic E-state index is 0. The Bertz CT molecular complexity index is 21.2. The Balaban J connectivity index is -0.0000000800. The van der Waals surface area contributed by atoms with Crippen LogP contribution in [0.1, 0.15) is 6.92 Å². The predicted octanol–water partition coefficient (Wildman–Crippen LogP) is 0.245. The molecule has 7 heavy (non-hydrogen) atoms. The van der Waals surface area contributed by atoms with Crippen molar-refractivity contribution in [3.63, 3.8) is 0 Å². The number of nitrogens with one attached hydrogen (secondary N) is 1. The Hall–Kier alpha value is 0.460. The molecule has 5 heteroatoms. The van der Waals surface area contributed by atoms with Crippen molar-refractivity contribution in [3.8, 4) is 0 Å². The molecule has 3 nitrogen and oxygen atoms in total. The second kappa shape index (κ2) is 16.1. The van der Waals surface area contributed by atoms with Gasteiger partial charge in [0, 0.05) is 0 Å². The molecular weight excluding hydrogens is 139 g/mol. The molecule has 48 valence electrons. The van der Waals surface area contributed by atoms with Crippen LogP contribution in [0.4, 0.5) is 0 Å². The van der Waals surface area contributed by atoms with E-state index in [9.17, 15) is 0 Å². The summed E-state index contributed by atoms with van der Waals surface area (Å²) in [5, 5.41) is 0. The summed E-state index contributed by atoms with van der Waals surface area (Å²) in [6, 6.07) is 0. The number of hydrazine groups is 1. The monoisotopic (exact) mass is 148 g/mol. The molecule has 0 aliphatic heterocycles. The molecule has 0 rings (SSSR count). The minimum Gasteiger partial charge on any atom is -0.288 e. The third-order valence-corrected chi connectivity index (χ3v) is 0.228. The smallest absolute Gasteiger partial charge is 0.0670 e. The van der Waals surface area contributed by atoms with Gasteiger partial charge in [0.1, 0.15) is 0 Å². The number of halogens is 2. The van der Waals surface area contributed by atoms with Crippen molar-refractivity contribution in [2.45, 2.75) is 6.92 Å². The van der Waals surface area contributed by atoms with E-state index in [0.717, 1.165) is 0 Å². The van der Waals surface area contributed by atoms with E-state index >= 15 is 0 Å². The van der Waals surface area contributed by atoms with Gasteiger partial charge in [0.15, 0.2) is 0 Å². The summed E-state index contributed by atoms with van der Waals surface area (Å²) >= 11 is 0. The molecule has 0 aromatic heterocycles. The summed E-state index contributed by atoms with van der Waals surface area (Å²) < 4.78 is 0. The fourth-order valence-electron chi connectivity index (χ4n) is 0.0833. The van der Waals surface area contributed by atoms with Gasteiger partial charge in [0.05, 0.1) is 6.61 Å². The molecule has 0 bridgehead atoms. The van der Waals surface area contributed by atoms with Gasteiger partial charge >= 0.3 is 0 Å². The van der Waals surface area contributed by atoms with E-state index < -0.39 is 0 Å². The Morgan fingerprint density at radius 1 is 1.57 bits per heavy atom. The summed E-state index contributed by atoms with van der Waals surface area (Å²) in [7, 11) is 0. The first-order chi connectivity index (χ1) is 2.41. The number of nitrogens with two attached hydrogens (primary N) is 1. The zero-order valence-electron chi connectivity index (χ0n) is 4.01. The molecule has 0 atom stereocenters. The first-order valence-corrected chi connectivity index (χ1v) is 1.49. The van der Waals surface area contributed by atoms with Gasteiger partial charge in [-0.1, -0.05) is 0 Å². The van der Waals surface area contributed by atoms with Crippen LogP contribution in [0.5, 0.6) is 0 Å². The van der Waals surface area contributed by atoms with E-state index in [1.54, 1.807) is 0 Å². The molecule has 0 amide bonds. The molecular formula is C2H10Cl2N2O. The second-order valence-electron chi connectivity index (χ2n) is 0.551. The summed E-state index contributed by atoms with van der Waals surface area (Å²) in [6.07, 6.45) is 0. The molecule has 0 heterocycles. The SMILES string of the molecule is CCONN.Cl.Cl. The summed E-state index contributed by atoms with van der Waals surface area (Å²) in [4.78, 5) is 4.36. The van der Waals surface area contributed by atoms with Gasteiger partial charge in [-0.25, -0.2) is 5.84 Å². The standard InChI is InChI=1S/C2H8N2O.2ClH/c1-2-5-4-3;;/h4H,2-3H2,1H3;2*1H. The fourth-order valence-corrected chi connectivity index (χ4v) is 0.0833. The third kappa shape index (κ3) is 21.2. The van der Waals surface area contributed by atoms with Gasteiger partial charge in [0.25, 0.3) is 0 Å². The zero-order chi connectivity index (χ0) is 4.12. The van der Waals surface area contributed by atoms with Gasteiger partial charge in [-0.3, -0.25) is 4.84 Å². The number of rotatable bonds is 2. The molecule has 0 radical (unpaired) electrons. The normalized spacial score (nSPS) is 6.00. The van der Waals surface area contributed by atoms with Crippen LogP contribution in [-0.2, 0) is 4.84 Å². The summed E-state index contributed by atoms with van der Waals surface area (Å²) in [5.74, 6) is 4.67. The zero-order valence-corrected chi connectivity index (χ0v) is 5.64. The topological polar surface area (TPSA) is 47.3 Å². The van der Waals surface area contributed by atoms with Gasteiger partial charge in [-0.05, 0) is 6.92 Å². The number of hydrogen-bond acceptors (Lipinski definition) is 3. The molecule has 0 fully saturated rings. The molecule has 0 saturated heterocycles. The minimum atomic E-state index is 0. The quantitative estimate of drug-likeness (QED) is 0.436. The Kier molecular flexibility index (Phi) is 36.0. The Labute approximate surface area is 55.3 Å². The molecule has 3 N–H and O–H groups in total. The van der Waals surface area contributed by atoms with Crippen LogP contribution in [0, 0.1) is 0 Å². The lowest BCUT2D eigenvalue weighted by atomic mass is 10.9. The van der Waals surface area contributed by atoms with Gasteiger partial charge in [-0.15, -0.1) is 30.4 Å². The van der Waals surface area contributed by atoms with E-state index in [2.05, 4.69) is 10.7 Å². The average Bonchev–Trinajstić information content (AvgIpc) is 1.41. The van der Waals surface area contributed by atoms with Gasteiger partial charge in [0.2, 0.25) is 0 Å². The third-order valence-electron chi connectivity index (χ3n) is 0.228. The van der Waals surface area contributed by atoms with Crippen molar-refractivity contribution in [1.82, 2.24) is 5.59 Å². The van der Waals surface area contributed by atoms with E-state index in [4.69, 9.17) is 0 Å². The molecule has 0 saturated carbocycles. The highest BCUT2D eigenvalue weighted by molar-refractivity contribution is 5.85. The Morgan fingerprint density at radius 3 is 2.00 bits per heavy atom. The lowest BCUT2D eigenvalue weighted by Gasteiger charge is -1.88. The van der Waals surface area contributed by atoms with Crippen molar-refractivity contribution in [3.05, 3.63) is 0 Å². The maximum absolute atomic E-state index is 4.67. The van der Waals surface area contributed by atoms with Crippen LogP contribution >= 0.6 is 24.8 Å². The Morgan fingerprint density at radius 2 is 2.00 bits per heavy atom. The molecule has 0 aromatic carbocycles. The van der Waals surface area contributed by atoms with Crippen molar-refractivity contribution in [2.24, 2.45) is 5.84 Å². The second-order valence-corrected chi connectivity index (χ2v) is 0.551. The van der Waals surface area contributed by atoms with Crippen LogP contribution in [0.25, 0.3) is 0 Å². The van der Waals surface area contributed by atoms with Crippen LogP contribution in [0.2, 0.25) is 0 Å². The maximum Gasteiger partial charge on any atom is 0.0670 e. The van der Waals surface area contributed by atoms with Gasteiger partial charge < -0.3 is 0 Å². The molecule has 0 aliphatic rings. The molecule has 0 aromatic rings. The van der Waals surface area contributed by atoms with E-state index in [-0.39, 0.29) is 24.8 Å². The van der Waals surface area contributed by atoms with E-state index in [0.29, 0.717) is 6.61 Å². The van der Waals surface area contributed by atoms with E-state index in [1.165, 1.54) is 0 Å². The highest BCUT2D eigenvalue weighted by Crippen LogP contribution is 1.51. The van der Waals surface area contributed by atoms with E-state index in [1.807, 2.05) is 12.5 Å². The van der Waals surface area contributed by atoms with Crippen LogP contribution in [0.3, 0.4) is 0 Å². The lowest BCUT2D eigenvalue weighted by molar-refractivity contribution is 0.0512. The van der Waals surface area contributed by atoms with Crippen molar-refractivity contribution in [1.29, 1.82) is 0 Å². The summed E-state index contributed by atoms with van der Waals surface area (Å²) in [6.45, 7) is 2.45. The highest BCUT2D eigenvalue weighted by Gasteiger charge is 1.61. The highest BCUT2D eigenvalue weighted by atomic mass is 35.5. The number of hydrogen-bond donors (Lipinski definition) is 2. The van der Waals surface area contributed by atoms with Crippen LogP contribution in [-0.4, -0.2) is 6.61 Å². The predicted molar refractivity (Wildman–Crippen MR) is 33.4 cm³/mol. The largest absolute Gasteiger partial charge is 0.288 e. The average molecular weight is 149 g/mol. The molecule has 0 spiro atoms. The van der Waals surface area contributed by atoms with Gasteiger partial charge in [-0.2, -0.15) is 0 Å². The van der Waals surface area contributed by atoms with Crippen molar-refractivity contribution in [2.75, 3.05) is 6.61 Å². The fraction of sp³-hybridized carbons (Fsp3) is 1.00. The van der Waals surface area contributed by atoms with Crippen LogP contribution < -0.4 is 11.4 Å². The van der Waals surface area contributed by atoms with Crippen molar-refractivity contribution >= 4 is 24.8 Å². The lowest BCUT2D eigenvalue weighted by Crippen LogP contribution is -2.21. The van der Waals surface area contributed by atoms with Crippen LogP contribution in [0.15, 0.2) is 0 Å². The molecule has 0 aliphatic carbocycles.